The van der Waals surface area contributed by atoms with Crippen molar-refractivity contribution in [2.24, 2.45) is 5.73 Å². The molecule has 3 aromatic rings. The molecule has 5 N–H and O–H groups in total. The van der Waals surface area contributed by atoms with Crippen molar-refractivity contribution in [1.29, 1.82) is 0 Å². The molecule has 3 amide bonds. The summed E-state index contributed by atoms with van der Waals surface area (Å²) in [6.07, 6.45) is 1.69. The highest BCUT2D eigenvalue weighted by molar-refractivity contribution is 7.09. The highest BCUT2D eigenvalue weighted by Crippen LogP contribution is 2.34. The van der Waals surface area contributed by atoms with E-state index in [0.717, 1.165) is 29.9 Å². The molecule has 1 saturated heterocycles. The summed E-state index contributed by atoms with van der Waals surface area (Å²) in [5, 5.41) is 2.98. The third-order valence-corrected chi connectivity index (χ3v) is 7.60. The second kappa shape index (κ2) is 12.9. The number of benzene rings is 2. The first-order valence-corrected chi connectivity index (χ1v) is 14.1. The third-order valence-electron chi connectivity index (χ3n) is 6.75. The second-order valence-electron chi connectivity index (χ2n) is 9.84. The number of carbonyl (C=O) groups is 3. The number of primary amides is 1. The van der Waals surface area contributed by atoms with Crippen molar-refractivity contribution in [1.82, 2.24) is 9.69 Å². The molecule has 1 aliphatic heterocycles. The Morgan fingerprint density at radius 1 is 1.12 bits per heavy atom. The van der Waals surface area contributed by atoms with Crippen LogP contribution in [-0.2, 0) is 9.53 Å². The number of nitrogen functional groups attached to an aromatic ring is 1. The van der Waals surface area contributed by atoms with Crippen LogP contribution in [0.1, 0.15) is 76.9 Å². The molecule has 0 spiro atoms. The van der Waals surface area contributed by atoms with Gasteiger partial charge in [-0.1, -0.05) is 38.1 Å². The summed E-state index contributed by atoms with van der Waals surface area (Å²) in [4.78, 5) is 41.4. The van der Waals surface area contributed by atoms with Gasteiger partial charge in [0.05, 0.1) is 18.4 Å². The largest absolute Gasteiger partial charge is 0.494 e. The van der Waals surface area contributed by atoms with Gasteiger partial charge >= 0.3 is 0 Å². The molecule has 2 aromatic carbocycles. The summed E-state index contributed by atoms with van der Waals surface area (Å²) in [5.41, 5.74) is 13.4. The van der Waals surface area contributed by atoms with E-state index in [1.54, 1.807) is 36.4 Å². The van der Waals surface area contributed by atoms with Crippen molar-refractivity contribution < 1.29 is 23.9 Å². The molecule has 0 saturated carbocycles. The lowest BCUT2D eigenvalue weighted by atomic mass is 10.00. The predicted molar refractivity (Wildman–Crippen MR) is 155 cm³/mol. The van der Waals surface area contributed by atoms with Crippen molar-refractivity contribution in [2.75, 3.05) is 30.4 Å². The number of amides is 3. The molecule has 4 rings (SSSR count). The molecule has 1 fully saturated rings. The molecular formula is C29H35N5O5S. The summed E-state index contributed by atoms with van der Waals surface area (Å²) in [5.74, 6) is -0.894. The molecule has 0 bridgehead atoms. The molecule has 212 valence electrons. The van der Waals surface area contributed by atoms with Gasteiger partial charge in [0.1, 0.15) is 16.7 Å². The SMILES string of the molecule is CCOc1ccc([C@H](C(=O)NC[C@H]2CCCO2)N(C(=O)c2snc(C(N)=O)c2N)c2ccc(C(C)C)cc2)cc1. The highest BCUT2D eigenvalue weighted by atomic mass is 32.1. The Balaban J connectivity index is 1.81. The smallest absolute Gasteiger partial charge is 0.273 e. The first kappa shape index (κ1) is 29.0. The van der Waals surface area contributed by atoms with Gasteiger partial charge in [0.25, 0.3) is 11.8 Å². The highest BCUT2D eigenvalue weighted by Gasteiger charge is 2.36. The third kappa shape index (κ3) is 6.43. The van der Waals surface area contributed by atoms with Gasteiger partial charge in [-0.05, 0) is 72.6 Å². The van der Waals surface area contributed by atoms with Crippen LogP contribution in [0.5, 0.6) is 5.75 Å². The summed E-state index contributed by atoms with van der Waals surface area (Å²) in [6.45, 7) is 7.49. The van der Waals surface area contributed by atoms with Crippen molar-refractivity contribution in [3.05, 3.63) is 70.2 Å². The lowest BCUT2D eigenvalue weighted by Gasteiger charge is -2.32. The molecular weight excluding hydrogens is 530 g/mol. The number of nitrogens with one attached hydrogen (secondary N) is 1. The second-order valence-corrected chi connectivity index (χ2v) is 10.6. The van der Waals surface area contributed by atoms with Crippen LogP contribution in [0.3, 0.4) is 0 Å². The molecule has 1 aromatic heterocycles. The average molecular weight is 566 g/mol. The summed E-state index contributed by atoms with van der Waals surface area (Å²) in [6, 6.07) is 13.4. The van der Waals surface area contributed by atoms with E-state index in [0.29, 0.717) is 36.8 Å². The lowest BCUT2D eigenvalue weighted by molar-refractivity contribution is -0.123. The summed E-state index contributed by atoms with van der Waals surface area (Å²) < 4.78 is 15.3. The number of aromatic nitrogens is 1. The topological polar surface area (TPSA) is 150 Å². The van der Waals surface area contributed by atoms with E-state index in [4.69, 9.17) is 20.9 Å². The predicted octanol–water partition coefficient (Wildman–Crippen LogP) is 4.03. The van der Waals surface area contributed by atoms with Gasteiger partial charge in [-0.2, -0.15) is 4.37 Å². The fourth-order valence-corrected chi connectivity index (χ4v) is 5.33. The van der Waals surface area contributed by atoms with Crippen molar-refractivity contribution in [2.45, 2.75) is 51.7 Å². The Kier molecular flexibility index (Phi) is 9.38. The van der Waals surface area contributed by atoms with Crippen LogP contribution in [0.15, 0.2) is 48.5 Å². The zero-order valence-corrected chi connectivity index (χ0v) is 23.7. The molecule has 2 atom stereocenters. The molecule has 2 heterocycles. The van der Waals surface area contributed by atoms with Gasteiger partial charge in [0, 0.05) is 18.8 Å². The molecule has 11 heteroatoms. The van der Waals surface area contributed by atoms with Crippen molar-refractivity contribution in [3.63, 3.8) is 0 Å². The van der Waals surface area contributed by atoms with Gasteiger partial charge in [0.15, 0.2) is 5.69 Å². The molecule has 40 heavy (non-hydrogen) atoms. The maximum absolute atomic E-state index is 14.2. The Morgan fingerprint density at radius 3 is 2.35 bits per heavy atom. The van der Waals surface area contributed by atoms with Crippen LogP contribution in [0.2, 0.25) is 0 Å². The molecule has 10 nitrogen and oxygen atoms in total. The number of anilines is 2. The van der Waals surface area contributed by atoms with Crippen molar-refractivity contribution in [3.8, 4) is 5.75 Å². The first-order chi connectivity index (χ1) is 19.2. The van der Waals surface area contributed by atoms with Crippen LogP contribution in [-0.4, -0.2) is 48.0 Å². The summed E-state index contributed by atoms with van der Waals surface area (Å²) in [7, 11) is 0. The minimum absolute atomic E-state index is 0.0181. The van der Waals surface area contributed by atoms with E-state index in [1.807, 2.05) is 19.1 Å². The number of nitrogens with zero attached hydrogens (tertiary/aromatic N) is 2. The van der Waals surface area contributed by atoms with Gasteiger partial charge < -0.3 is 26.3 Å². The quantitative estimate of drug-likeness (QED) is 0.318. The van der Waals surface area contributed by atoms with E-state index in [-0.39, 0.29) is 34.2 Å². The minimum atomic E-state index is -1.08. The van der Waals surface area contributed by atoms with Crippen LogP contribution >= 0.6 is 11.5 Å². The first-order valence-electron chi connectivity index (χ1n) is 13.3. The maximum Gasteiger partial charge on any atom is 0.273 e. The van der Waals surface area contributed by atoms with E-state index in [2.05, 4.69) is 23.5 Å². The maximum atomic E-state index is 14.2. The van der Waals surface area contributed by atoms with Crippen LogP contribution in [0.4, 0.5) is 11.4 Å². The molecule has 0 aliphatic carbocycles. The lowest BCUT2D eigenvalue weighted by Crippen LogP contribution is -2.45. The van der Waals surface area contributed by atoms with Crippen LogP contribution < -0.4 is 26.4 Å². The monoisotopic (exact) mass is 565 g/mol. The van der Waals surface area contributed by atoms with Crippen molar-refractivity contribution >= 4 is 40.6 Å². The number of ether oxygens (including phenoxy) is 2. The van der Waals surface area contributed by atoms with Gasteiger partial charge in [-0.15, -0.1) is 0 Å². The van der Waals surface area contributed by atoms with Crippen LogP contribution in [0.25, 0.3) is 0 Å². The zero-order chi connectivity index (χ0) is 28.8. The number of rotatable bonds is 11. The standard InChI is InChI=1S/C29H35N5O5S/c1-4-38-21-13-9-19(10-14-21)25(28(36)32-16-22-6-5-15-39-22)34(20-11-7-18(8-12-20)17(2)3)29(37)26-23(30)24(27(31)35)33-40-26/h7-14,17,22,25H,4-6,15-16,30H2,1-3H3,(H2,31,35)(H,32,36)/t22-,25-/m1/s1. The van der Waals surface area contributed by atoms with E-state index in [1.165, 1.54) is 4.90 Å². The van der Waals surface area contributed by atoms with Crippen LogP contribution in [0, 0.1) is 0 Å². The Bertz CT molecular complexity index is 1330. The average Bonchev–Trinajstić information content (AvgIpc) is 3.60. The number of hydrogen-bond donors (Lipinski definition) is 3. The summed E-state index contributed by atoms with van der Waals surface area (Å²) >= 11 is 0.772. The van der Waals surface area contributed by atoms with E-state index in [9.17, 15) is 14.4 Å². The Labute approximate surface area is 237 Å². The fraction of sp³-hybridized carbons (Fsp3) is 0.379. The van der Waals surface area contributed by atoms with Gasteiger partial charge in [0.2, 0.25) is 5.91 Å². The van der Waals surface area contributed by atoms with Gasteiger partial charge in [-0.3, -0.25) is 19.3 Å². The number of hydrogen-bond acceptors (Lipinski definition) is 8. The molecule has 1 aliphatic rings. The molecule has 0 unspecified atom stereocenters. The van der Waals surface area contributed by atoms with E-state index < -0.39 is 17.9 Å². The molecule has 0 radical (unpaired) electrons. The minimum Gasteiger partial charge on any atom is -0.494 e. The fourth-order valence-electron chi connectivity index (χ4n) is 4.59. The normalized spacial score (nSPS) is 15.6. The number of nitrogens with two attached hydrogens (primary N) is 2. The Morgan fingerprint density at radius 2 is 1.80 bits per heavy atom. The van der Waals surface area contributed by atoms with E-state index >= 15 is 0 Å². The van der Waals surface area contributed by atoms with Gasteiger partial charge in [-0.25, -0.2) is 0 Å². The zero-order valence-electron chi connectivity index (χ0n) is 22.9. The number of carbonyl (C=O) groups excluding carboxylic acids is 3. The Hall–Kier alpha value is -3.96.